The molecule has 0 bridgehead atoms. The number of rotatable bonds is 4. The van der Waals surface area contributed by atoms with Gasteiger partial charge >= 0.3 is 0 Å². The molecule has 0 aliphatic heterocycles. The van der Waals surface area contributed by atoms with E-state index >= 15 is 0 Å². The predicted molar refractivity (Wildman–Crippen MR) is 108 cm³/mol. The van der Waals surface area contributed by atoms with Crippen molar-refractivity contribution in [3.63, 3.8) is 0 Å². The summed E-state index contributed by atoms with van der Waals surface area (Å²) in [5.41, 5.74) is 5.53. The Morgan fingerprint density at radius 1 is 0.800 bits per heavy atom. The monoisotopic (exact) mass is 350 g/mol. The topological polar surface area (TPSA) is 29.5 Å². The molecule has 0 aliphatic carbocycles. The Hall–Kier alpha value is -2.31. The normalized spacial score (nSPS) is 11.2. The Bertz CT molecular complexity index is 896. The second-order valence-corrected chi connectivity index (χ2v) is 7.53. The first-order chi connectivity index (χ1) is 12.0. The van der Waals surface area contributed by atoms with Crippen LogP contribution in [0.5, 0.6) is 11.5 Å². The Labute approximate surface area is 151 Å². The van der Waals surface area contributed by atoms with Gasteiger partial charge in [-0.05, 0) is 49.1 Å². The molecule has 0 saturated carbocycles. The Morgan fingerprint density at radius 3 is 2.08 bits per heavy atom. The molecule has 0 saturated heterocycles. The lowest BCUT2D eigenvalue weighted by atomic mass is 9.95. The van der Waals surface area contributed by atoms with E-state index in [9.17, 15) is 5.11 Å². The molecule has 1 atom stereocenters. The summed E-state index contributed by atoms with van der Waals surface area (Å²) < 4.78 is 5.52. The minimum atomic E-state index is 0.340. The molecule has 1 unspecified atom stereocenters. The number of hydrogen-bond acceptors (Lipinski definition) is 2. The summed E-state index contributed by atoms with van der Waals surface area (Å²) in [5, 5.41) is 13.0. The van der Waals surface area contributed by atoms with Gasteiger partial charge in [0.1, 0.15) is 11.5 Å². The molecule has 0 aromatic heterocycles. The second kappa shape index (κ2) is 7.29. The van der Waals surface area contributed by atoms with Crippen molar-refractivity contribution in [2.24, 2.45) is 0 Å². The molecule has 0 radical (unpaired) electrons. The molecule has 2 nitrogen and oxygen atoms in total. The smallest absolute Gasteiger partial charge is 0.131 e. The van der Waals surface area contributed by atoms with Gasteiger partial charge in [-0.15, -0.1) is 0 Å². The average molecular weight is 350 g/mol. The summed E-state index contributed by atoms with van der Waals surface area (Å²) in [6, 6.07) is 18.3. The summed E-state index contributed by atoms with van der Waals surface area (Å²) in [6.45, 7) is 6.25. The van der Waals surface area contributed by atoms with Gasteiger partial charge in [-0.25, -0.2) is 0 Å². The van der Waals surface area contributed by atoms with Crippen molar-refractivity contribution in [3.05, 3.63) is 71.3 Å². The minimum absolute atomic E-state index is 0.340. The number of methoxy groups -OCH3 is 1. The van der Waals surface area contributed by atoms with Crippen LogP contribution in [0.1, 0.15) is 16.7 Å². The summed E-state index contributed by atoms with van der Waals surface area (Å²) in [5.74, 6) is 1.23. The van der Waals surface area contributed by atoms with Crippen LogP contribution in [0.4, 0.5) is 0 Å². The largest absolute Gasteiger partial charge is 0.507 e. The number of hydrogen-bond donors (Lipinski definition) is 1. The van der Waals surface area contributed by atoms with Gasteiger partial charge in [-0.2, -0.15) is 0 Å². The number of ether oxygens (including phenoxy) is 1. The van der Waals surface area contributed by atoms with Crippen LogP contribution in [0.15, 0.2) is 54.6 Å². The molecule has 0 amide bonds. The summed E-state index contributed by atoms with van der Waals surface area (Å²) in [6.07, 6.45) is 0. The van der Waals surface area contributed by atoms with E-state index in [0.29, 0.717) is 14.3 Å². The third-order valence-electron chi connectivity index (χ3n) is 4.50. The molecule has 128 valence electrons. The van der Waals surface area contributed by atoms with Crippen LogP contribution in [0.3, 0.4) is 0 Å². The van der Waals surface area contributed by atoms with E-state index in [1.54, 1.807) is 7.11 Å². The van der Waals surface area contributed by atoms with Crippen molar-refractivity contribution in [3.8, 4) is 22.6 Å². The maximum Gasteiger partial charge on any atom is 0.131 e. The van der Waals surface area contributed by atoms with Crippen molar-refractivity contribution in [1.82, 2.24) is 0 Å². The fraction of sp³-hybridized carbons (Fsp3) is 0.182. The van der Waals surface area contributed by atoms with Gasteiger partial charge in [0.15, 0.2) is 0 Å². The van der Waals surface area contributed by atoms with Crippen LogP contribution < -0.4 is 15.3 Å². The van der Waals surface area contributed by atoms with E-state index in [1.807, 2.05) is 30.3 Å². The van der Waals surface area contributed by atoms with Crippen molar-refractivity contribution >= 4 is 19.2 Å². The van der Waals surface area contributed by atoms with Gasteiger partial charge in [0, 0.05) is 16.2 Å². The van der Waals surface area contributed by atoms with Crippen LogP contribution in [0.25, 0.3) is 11.1 Å². The first-order valence-electron chi connectivity index (χ1n) is 8.32. The zero-order valence-electron chi connectivity index (χ0n) is 15.1. The Morgan fingerprint density at radius 2 is 1.40 bits per heavy atom. The van der Waals surface area contributed by atoms with Crippen molar-refractivity contribution < 1.29 is 9.84 Å². The lowest BCUT2D eigenvalue weighted by molar-refractivity contribution is 0.418. The van der Waals surface area contributed by atoms with Gasteiger partial charge in [0.05, 0.1) is 7.11 Å². The van der Waals surface area contributed by atoms with Gasteiger partial charge in [-0.3, -0.25) is 0 Å². The maximum absolute atomic E-state index is 11.0. The van der Waals surface area contributed by atoms with Crippen LogP contribution in [-0.2, 0) is 0 Å². The molecule has 0 aliphatic rings. The summed E-state index contributed by atoms with van der Waals surface area (Å²) in [4.78, 5) is 0. The third kappa shape index (κ3) is 3.41. The van der Waals surface area contributed by atoms with Crippen LogP contribution in [0.2, 0.25) is 0 Å². The standard InChI is InChI=1S/C22H23O2P/c1-14-8-5-9-15(2)20(14)17-11-7-13-19(21(17)23)25-22-16(3)10-6-12-18(22)24-4/h5-13,23,25H,1-4H3. The number of aromatic hydroxyl groups is 1. The molecule has 0 spiro atoms. The molecule has 1 N–H and O–H groups in total. The SMILES string of the molecule is COc1cccc(C)c1Pc1cccc(-c2c(C)cccc2C)c1O. The zero-order valence-corrected chi connectivity index (χ0v) is 16.1. The maximum atomic E-state index is 11.0. The zero-order chi connectivity index (χ0) is 18.0. The predicted octanol–water partition coefficient (Wildman–Crippen LogP) is 4.62. The minimum Gasteiger partial charge on any atom is -0.507 e. The molecular weight excluding hydrogens is 327 g/mol. The van der Waals surface area contributed by atoms with Crippen molar-refractivity contribution in [1.29, 1.82) is 0 Å². The molecule has 3 heteroatoms. The molecule has 0 fully saturated rings. The average Bonchev–Trinajstić information content (AvgIpc) is 2.59. The third-order valence-corrected chi connectivity index (χ3v) is 6.06. The highest BCUT2D eigenvalue weighted by molar-refractivity contribution is 7.56. The molecule has 0 heterocycles. The van der Waals surface area contributed by atoms with E-state index in [2.05, 4.69) is 45.0 Å². The van der Waals surface area contributed by atoms with Gasteiger partial charge < -0.3 is 9.84 Å². The van der Waals surface area contributed by atoms with Crippen molar-refractivity contribution in [2.75, 3.05) is 7.11 Å². The number of aryl methyl sites for hydroxylation is 3. The highest BCUT2D eigenvalue weighted by atomic mass is 31.1. The highest BCUT2D eigenvalue weighted by Gasteiger charge is 2.15. The molecule has 3 rings (SSSR count). The lowest BCUT2D eigenvalue weighted by Crippen LogP contribution is -2.11. The first-order valence-corrected chi connectivity index (χ1v) is 9.32. The molecule has 3 aromatic carbocycles. The van der Waals surface area contributed by atoms with Crippen molar-refractivity contribution in [2.45, 2.75) is 20.8 Å². The number of phenols is 1. The van der Waals surface area contributed by atoms with Gasteiger partial charge in [-0.1, -0.05) is 57.1 Å². The van der Waals surface area contributed by atoms with E-state index in [-0.39, 0.29) is 0 Å². The first kappa shape index (κ1) is 17.5. The van der Waals surface area contributed by atoms with E-state index in [4.69, 9.17) is 4.74 Å². The fourth-order valence-electron chi connectivity index (χ4n) is 3.19. The van der Waals surface area contributed by atoms with Crippen LogP contribution >= 0.6 is 8.58 Å². The van der Waals surface area contributed by atoms with Gasteiger partial charge in [0.25, 0.3) is 0 Å². The molecular formula is C22H23O2P. The number of phenolic OH excluding ortho intramolecular Hbond substituents is 1. The lowest BCUT2D eigenvalue weighted by Gasteiger charge is -2.16. The fourth-order valence-corrected chi connectivity index (χ4v) is 4.48. The summed E-state index contributed by atoms with van der Waals surface area (Å²) >= 11 is 0. The quantitative estimate of drug-likeness (QED) is 0.696. The Balaban J connectivity index is 2.10. The highest BCUT2D eigenvalue weighted by Crippen LogP contribution is 2.36. The molecule has 25 heavy (non-hydrogen) atoms. The van der Waals surface area contributed by atoms with Crippen LogP contribution in [0, 0.1) is 20.8 Å². The van der Waals surface area contributed by atoms with Gasteiger partial charge in [0.2, 0.25) is 0 Å². The van der Waals surface area contributed by atoms with E-state index in [0.717, 1.165) is 27.5 Å². The van der Waals surface area contributed by atoms with E-state index < -0.39 is 0 Å². The van der Waals surface area contributed by atoms with E-state index in [1.165, 1.54) is 16.7 Å². The Kier molecular flexibility index (Phi) is 5.11. The number of benzene rings is 3. The summed E-state index contributed by atoms with van der Waals surface area (Å²) in [7, 11) is 2.03. The number of para-hydroxylation sites is 1. The molecule has 3 aromatic rings. The second-order valence-electron chi connectivity index (χ2n) is 6.25. The van der Waals surface area contributed by atoms with Crippen LogP contribution in [-0.4, -0.2) is 12.2 Å².